The number of carboxylic acid groups (broad SMARTS) is 1. The minimum atomic E-state index is -1.09. The minimum absolute atomic E-state index is 0.0471. The number of amides is 1. The Balaban J connectivity index is 1.11. The van der Waals surface area contributed by atoms with E-state index < -0.39 is 5.97 Å². The topological polar surface area (TPSA) is 115 Å². The van der Waals surface area contributed by atoms with Crippen LogP contribution in [-0.2, 0) is 11.2 Å². The fraction of sp³-hybridized carbons (Fsp3) is 0.257. The summed E-state index contributed by atoms with van der Waals surface area (Å²) < 4.78 is 26.7. The van der Waals surface area contributed by atoms with Gasteiger partial charge in [0.2, 0.25) is 5.91 Å². The first-order valence-corrected chi connectivity index (χ1v) is 15.5. The Morgan fingerprint density at radius 3 is 2.13 bits per heavy atom. The van der Waals surface area contributed by atoms with Gasteiger partial charge in [0.05, 0.1) is 37.4 Å². The van der Waals surface area contributed by atoms with Gasteiger partial charge in [-0.05, 0) is 97.1 Å². The van der Waals surface area contributed by atoms with Gasteiger partial charge in [0, 0.05) is 4.90 Å². The number of ether oxygens (including phenoxy) is 4. The van der Waals surface area contributed by atoms with Crippen molar-refractivity contribution < 1.29 is 33.6 Å². The Bertz CT molecular complexity index is 1600. The number of rotatable bonds is 14. The molecule has 234 valence electrons. The van der Waals surface area contributed by atoms with E-state index in [0.29, 0.717) is 29.6 Å². The lowest BCUT2D eigenvalue weighted by atomic mass is 10.0. The quantitative estimate of drug-likeness (QED) is 0.123. The number of carbonyl (C=O) groups excluding carboxylic acids is 1. The maximum absolute atomic E-state index is 12.5. The third kappa shape index (κ3) is 8.49. The van der Waals surface area contributed by atoms with Crippen molar-refractivity contribution in [1.82, 2.24) is 4.72 Å². The van der Waals surface area contributed by atoms with E-state index in [2.05, 4.69) is 10.0 Å². The highest BCUT2D eigenvalue weighted by Crippen LogP contribution is 2.36. The number of nitrogens with one attached hydrogen (secondary N) is 2. The fourth-order valence-electron chi connectivity index (χ4n) is 5.17. The summed E-state index contributed by atoms with van der Waals surface area (Å²) in [6.07, 6.45) is 4.46. The molecule has 1 saturated carbocycles. The van der Waals surface area contributed by atoms with E-state index in [9.17, 15) is 14.7 Å². The molecule has 10 heteroatoms. The number of hydrogen-bond donors (Lipinski definition) is 3. The normalized spacial score (nSPS) is 13.6. The lowest BCUT2D eigenvalue weighted by molar-refractivity contribution is -0.115. The number of hydrogen-bond acceptors (Lipinski definition) is 8. The molecule has 0 unspecified atom stereocenters. The van der Waals surface area contributed by atoms with Crippen LogP contribution in [0.2, 0.25) is 0 Å². The third-order valence-electron chi connectivity index (χ3n) is 7.60. The van der Waals surface area contributed by atoms with E-state index in [1.54, 1.807) is 56.5 Å². The van der Waals surface area contributed by atoms with E-state index in [-0.39, 0.29) is 29.1 Å². The average Bonchev–Trinajstić information content (AvgIpc) is 3.53. The summed E-state index contributed by atoms with van der Waals surface area (Å²) >= 11 is 1.58. The van der Waals surface area contributed by atoms with Crippen molar-refractivity contribution in [2.24, 2.45) is 0 Å². The molecule has 0 aromatic heterocycles. The molecule has 4 aromatic rings. The highest BCUT2D eigenvalue weighted by molar-refractivity contribution is 7.97. The summed E-state index contributed by atoms with van der Waals surface area (Å²) in [6.45, 7) is 0.546. The maximum atomic E-state index is 12.5. The summed E-state index contributed by atoms with van der Waals surface area (Å²) in [5.41, 5.74) is 0.956. The van der Waals surface area contributed by atoms with Gasteiger partial charge in [0.25, 0.3) is 0 Å². The van der Waals surface area contributed by atoms with Gasteiger partial charge in [-0.2, -0.15) is 0 Å². The molecule has 0 atom stereocenters. The van der Waals surface area contributed by atoms with Gasteiger partial charge < -0.3 is 29.4 Å². The molecule has 0 heterocycles. The van der Waals surface area contributed by atoms with E-state index in [1.807, 2.05) is 54.6 Å². The van der Waals surface area contributed by atoms with Gasteiger partial charge in [-0.15, -0.1) is 0 Å². The zero-order chi connectivity index (χ0) is 31.6. The lowest BCUT2D eigenvalue weighted by Gasteiger charge is -2.29. The molecule has 0 saturated heterocycles. The average molecular weight is 629 g/mol. The van der Waals surface area contributed by atoms with Crippen LogP contribution in [0.1, 0.15) is 41.6 Å². The predicted molar refractivity (Wildman–Crippen MR) is 174 cm³/mol. The molecular weight excluding hydrogens is 592 g/mol. The number of aromatic carboxylic acids is 1. The second-order valence-electron chi connectivity index (χ2n) is 10.8. The van der Waals surface area contributed by atoms with Crippen molar-refractivity contribution in [3.8, 4) is 28.7 Å². The van der Waals surface area contributed by atoms with Gasteiger partial charge in [-0.3, -0.25) is 9.52 Å². The molecule has 1 amide bonds. The van der Waals surface area contributed by atoms with Crippen LogP contribution in [0.25, 0.3) is 0 Å². The highest BCUT2D eigenvalue weighted by atomic mass is 32.2. The first-order valence-electron chi connectivity index (χ1n) is 14.6. The maximum Gasteiger partial charge on any atom is 0.337 e. The third-order valence-corrected chi connectivity index (χ3v) is 8.62. The van der Waals surface area contributed by atoms with E-state index >= 15 is 0 Å². The summed E-state index contributed by atoms with van der Waals surface area (Å²) in [5, 5.41) is 12.0. The van der Waals surface area contributed by atoms with Crippen LogP contribution >= 0.6 is 11.9 Å². The monoisotopic (exact) mass is 628 g/mol. The molecule has 0 radical (unpaired) electrons. The fourth-order valence-corrected chi connectivity index (χ4v) is 6.07. The summed E-state index contributed by atoms with van der Waals surface area (Å²) in [6, 6.07) is 26.9. The van der Waals surface area contributed by atoms with Crippen LogP contribution in [0.5, 0.6) is 28.7 Å². The van der Waals surface area contributed by atoms with Gasteiger partial charge >= 0.3 is 5.97 Å². The van der Waals surface area contributed by atoms with Gasteiger partial charge in [-0.25, -0.2) is 4.79 Å². The molecule has 1 aliphatic carbocycles. The number of carbonyl (C=O) groups is 2. The van der Waals surface area contributed by atoms with Crippen LogP contribution < -0.4 is 29.0 Å². The zero-order valence-electron chi connectivity index (χ0n) is 25.2. The number of methoxy groups -OCH3 is 2. The first kappa shape index (κ1) is 31.7. The Hall–Kier alpha value is -4.67. The van der Waals surface area contributed by atoms with Crippen molar-refractivity contribution in [2.75, 3.05) is 26.1 Å². The highest BCUT2D eigenvalue weighted by Gasteiger charge is 2.35. The molecule has 5 rings (SSSR count). The molecule has 0 bridgehead atoms. The SMILES string of the molecule is COc1ccc(SNC2(COc3ccc(Oc4ccc(CC(=O)Nc5ccccc5C(=O)O)cc4)cc3)CCCC2)cc1OC. The number of benzene rings is 4. The Morgan fingerprint density at radius 2 is 1.47 bits per heavy atom. The molecule has 0 spiro atoms. The van der Waals surface area contributed by atoms with Crippen LogP contribution in [0, 0.1) is 0 Å². The van der Waals surface area contributed by atoms with E-state index in [0.717, 1.165) is 41.9 Å². The first-order chi connectivity index (χ1) is 21.9. The van der Waals surface area contributed by atoms with Gasteiger partial charge in [0.1, 0.15) is 23.9 Å². The molecule has 1 fully saturated rings. The van der Waals surface area contributed by atoms with Crippen LogP contribution in [-0.4, -0.2) is 43.3 Å². The van der Waals surface area contributed by atoms with E-state index in [4.69, 9.17) is 18.9 Å². The molecule has 0 aliphatic heterocycles. The van der Waals surface area contributed by atoms with Crippen molar-refractivity contribution in [2.45, 2.75) is 42.5 Å². The molecule has 4 aromatic carbocycles. The largest absolute Gasteiger partial charge is 0.493 e. The summed E-state index contributed by atoms with van der Waals surface area (Å²) in [7, 11) is 3.26. The number of carboxylic acids is 1. The van der Waals surface area contributed by atoms with Crippen LogP contribution in [0.4, 0.5) is 5.69 Å². The Labute approximate surface area is 267 Å². The number of anilines is 1. The summed E-state index contributed by atoms with van der Waals surface area (Å²) in [5.74, 6) is 2.06. The van der Waals surface area contributed by atoms with Crippen molar-refractivity contribution in [3.63, 3.8) is 0 Å². The zero-order valence-corrected chi connectivity index (χ0v) is 26.0. The van der Waals surface area contributed by atoms with Crippen molar-refractivity contribution in [1.29, 1.82) is 0 Å². The second-order valence-corrected chi connectivity index (χ2v) is 11.7. The molecular formula is C35H36N2O7S. The van der Waals surface area contributed by atoms with Crippen molar-refractivity contribution in [3.05, 3.63) is 102 Å². The number of para-hydroxylation sites is 1. The Morgan fingerprint density at radius 1 is 0.822 bits per heavy atom. The standard InChI is InChI=1S/C35H36N2O7S/c1-41-31-18-17-28(22-32(31)42-2)45-37-35(19-5-6-20-35)23-43-25-13-15-27(16-14-25)44-26-11-9-24(10-12-26)21-33(38)36-30-8-4-3-7-29(30)34(39)40/h3-4,7-18,22,37H,5-6,19-21,23H2,1-2H3,(H,36,38)(H,39,40). The lowest BCUT2D eigenvalue weighted by Crippen LogP contribution is -2.44. The predicted octanol–water partition coefficient (Wildman–Crippen LogP) is 7.36. The van der Waals surface area contributed by atoms with Crippen LogP contribution in [0.15, 0.2) is 95.9 Å². The van der Waals surface area contributed by atoms with Gasteiger partial charge in [0.15, 0.2) is 11.5 Å². The van der Waals surface area contributed by atoms with Gasteiger partial charge in [-0.1, -0.05) is 37.1 Å². The smallest absolute Gasteiger partial charge is 0.337 e. The molecule has 1 aliphatic rings. The van der Waals surface area contributed by atoms with Crippen molar-refractivity contribution >= 4 is 29.5 Å². The summed E-state index contributed by atoms with van der Waals surface area (Å²) in [4.78, 5) is 24.9. The molecule has 45 heavy (non-hydrogen) atoms. The van der Waals surface area contributed by atoms with E-state index in [1.165, 1.54) is 6.07 Å². The second kappa shape index (κ2) is 14.9. The molecule has 9 nitrogen and oxygen atoms in total. The Kier molecular flexibility index (Phi) is 10.5. The van der Waals surface area contributed by atoms with Crippen LogP contribution in [0.3, 0.4) is 0 Å². The minimum Gasteiger partial charge on any atom is -0.493 e. The molecule has 3 N–H and O–H groups in total.